The van der Waals surface area contributed by atoms with Crippen LogP contribution in [0.1, 0.15) is 25.5 Å². The lowest BCUT2D eigenvalue weighted by atomic mass is 10.1. The van der Waals surface area contributed by atoms with Gasteiger partial charge in [0.25, 0.3) is 0 Å². The van der Waals surface area contributed by atoms with Gasteiger partial charge in [-0.05, 0) is 94.0 Å². The smallest absolute Gasteiger partial charge is 0.141 e. The van der Waals surface area contributed by atoms with E-state index in [0.29, 0.717) is 6.04 Å². The van der Waals surface area contributed by atoms with E-state index >= 15 is 0 Å². The Hall–Kier alpha value is -0.590. The highest BCUT2D eigenvalue weighted by Crippen LogP contribution is 2.32. The van der Waals surface area contributed by atoms with Crippen molar-refractivity contribution >= 4 is 38.5 Å². The van der Waals surface area contributed by atoms with E-state index in [1.807, 2.05) is 30.3 Å². The molecule has 2 rings (SSSR count). The van der Waals surface area contributed by atoms with Crippen molar-refractivity contribution in [1.82, 2.24) is 5.32 Å². The molecule has 0 fully saturated rings. The van der Waals surface area contributed by atoms with Gasteiger partial charge in [-0.3, -0.25) is 0 Å². The molecule has 1 N–H and O–H groups in total. The van der Waals surface area contributed by atoms with Crippen molar-refractivity contribution in [2.45, 2.75) is 19.9 Å². The first-order valence-electron chi connectivity index (χ1n) is 6.56. The predicted octanol–water partition coefficient (Wildman–Crippen LogP) is 5.52. The lowest BCUT2D eigenvalue weighted by Crippen LogP contribution is -2.17. The first kappa shape index (κ1) is 15.8. The molecule has 2 aromatic rings. The molecule has 4 heteroatoms. The highest BCUT2D eigenvalue weighted by atomic mass is 127. The predicted molar refractivity (Wildman–Crippen MR) is 95.5 cm³/mol. The Labute approximate surface area is 142 Å². The van der Waals surface area contributed by atoms with E-state index in [4.69, 9.17) is 4.74 Å². The molecule has 2 aromatic carbocycles. The van der Waals surface area contributed by atoms with Gasteiger partial charge in [0, 0.05) is 9.61 Å². The zero-order valence-corrected chi connectivity index (χ0v) is 15.2. The molecule has 0 aromatic heterocycles. The minimum Gasteiger partial charge on any atom is -0.456 e. The number of hydrogen-bond donors (Lipinski definition) is 1. The minimum absolute atomic E-state index is 0.337. The highest BCUT2D eigenvalue weighted by Gasteiger charge is 2.08. The molecular weight excluding hydrogens is 429 g/mol. The SMILES string of the molecule is CCNC(C)c1ccc(Oc2ccc(I)cc2)c(Br)c1. The van der Waals surface area contributed by atoms with Gasteiger partial charge in [0.15, 0.2) is 0 Å². The van der Waals surface area contributed by atoms with Gasteiger partial charge in [-0.1, -0.05) is 13.0 Å². The van der Waals surface area contributed by atoms with Crippen LogP contribution in [-0.2, 0) is 0 Å². The summed E-state index contributed by atoms with van der Waals surface area (Å²) in [7, 11) is 0. The van der Waals surface area contributed by atoms with Crippen molar-refractivity contribution in [2.24, 2.45) is 0 Å². The average molecular weight is 446 g/mol. The normalized spacial score (nSPS) is 12.2. The summed E-state index contributed by atoms with van der Waals surface area (Å²) in [5.74, 6) is 1.68. The first-order valence-corrected chi connectivity index (χ1v) is 8.43. The molecule has 0 saturated heterocycles. The van der Waals surface area contributed by atoms with Crippen LogP contribution in [0.5, 0.6) is 11.5 Å². The maximum absolute atomic E-state index is 5.89. The van der Waals surface area contributed by atoms with Crippen LogP contribution in [-0.4, -0.2) is 6.54 Å². The Balaban J connectivity index is 2.15. The summed E-state index contributed by atoms with van der Waals surface area (Å²) in [5, 5.41) is 3.40. The summed E-state index contributed by atoms with van der Waals surface area (Å²) < 4.78 is 8.06. The van der Waals surface area contributed by atoms with E-state index in [0.717, 1.165) is 22.5 Å². The van der Waals surface area contributed by atoms with E-state index in [-0.39, 0.29) is 0 Å². The Kier molecular flexibility index (Phi) is 5.86. The molecule has 0 spiro atoms. The quantitative estimate of drug-likeness (QED) is 0.612. The van der Waals surface area contributed by atoms with Crippen molar-refractivity contribution < 1.29 is 4.74 Å². The largest absolute Gasteiger partial charge is 0.456 e. The highest BCUT2D eigenvalue weighted by molar-refractivity contribution is 14.1. The summed E-state index contributed by atoms with van der Waals surface area (Å²) in [4.78, 5) is 0. The van der Waals surface area contributed by atoms with Crippen LogP contribution in [0, 0.1) is 3.57 Å². The molecule has 0 aliphatic heterocycles. The van der Waals surface area contributed by atoms with Gasteiger partial charge in [0.2, 0.25) is 0 Å². The summed E-state index contributed by atoms with van der Waals surface area (Å²) >= 11 is 5.87. The fraction of sp³-hybridized carbons (Fsp3) is 0.250. The van der Waals surface area contributed by atoms with Crippen LogP contribution < -0.4 is 10.1 Å². The molecule has 1 atom stereocenters. The maximum Gasteiger partial charge on any atom is 0.141 e. The van der Waals surface area contributed by atoms with Crippen molar-refractivity contribution in [1.29, 1.82) is 0 Å². The lowest BCUT2D eigenvalue weighted by molar-refractivity contribution is 0.478. The van der Waals surface area contributed by atoms with Gasteiger partial charge in [-0.2, -0.15) is 0 Å². The van der Waals surface area contributed by atoms with Crippen molar-refractivity contribution in [3.05, 3.63) is 56.1 Å². The average Bonchev–Trinajstić information content (AvgIpc) is 2.43. The van der Waals surface area contributed by atoms with Crippen molar-refractivity contribution in [3.63, 3.8) is 0 Å². The molecule has 0 aliphatic carbocycles. The molecular formula is C16H17BrINO. The Morgan fingerprint density at radius 2 is 1.90 bits per heavy atom. The second-order valence-electron chi connectivity index (χ2n) is 4.53. The van der Waals surface area contributed by atoms with E-state index in [1.165, 1.54) is 9.13 Å². The van der Waals surface area contributed by atoms with Crippen LogP contribution in [0.2, 0.25) is 0 Å². The molecule has 0 heterocycles. The summed E-state index contributed by atoms with van der Waals surface area (Å²) in [6.07, 6.45) is 0. The van der Waals surface area contributed by atoms with E-state index in [2.05, 4.69) is 69.8 Å². The van der Waals surface area contributed by atoms with Gasteiger partial charge in [-0.15, -0.1) is 0 Å². The molecule has 20 heavy (non-hydrogen) atoms. The van der Waals surface area contributed by atoms with Gasteiger partial charge in [0.1, 0.15) is 11.5 Å². The van der Waals surface area contributed by atoms with Crippen molar-refractivity contribution in [3.8, 4) is 11.5 Å². The zero-order valence-electron chi connectivity index (χ0n) is 11.5. The summed E-state index contributed by atoms with van der Waals surface area (Å²) in [6, 6.07) is 14.6. The van der Waals surface area contributed by atoms with Crippen LogP contribution >= 0.6 is 38.5 Å². The molecule has 0 amide bonds. The Morgan fingerprint density at radius 3 is 2.50 bits per heavy atom. The van der Waals surface area contributed by atoms with Crippen LogP contribution in [0.15, 0.2) is 46.9 Å². The number of nitrogens with one attached hydrogen (secondary N) is 1. The van der Waals surface area contributed by atoms with E-state index < -0.39 is 0 Å². The van der Waals surface area contributed by atoms with Gasteiger partial charge >= 0.3 is 0 Å². The van der Waals surface area contributed by atoms with Gasteiger partial charge < -0.3 is 10.1 Å². The third kappa shape index (κ3) is 4.20. The van der Waals surface area contributed by atoms with Crippen molar-refractivity contribution in [2.75, 3.05) is 6.54 Å². The number of rotatable bonds is 5. The number of benzene rings is 2. The number of halogens is 2. The fourth-order valence-corrected chi connectivity index (χ4v) is 2.76. The summed E-state index contributed by atoms with van der Waals surface area (Å²) in [5.41, 5.74) is 1.24. The Morgan fingerprint density at radius 1 is 1.20 bits per heavy atom. The Bertz CT molecular complexity index is 571. The third-order valence-corrected chi connectivity index (χ3v) is 4.35. The van der Waals surface area contributed by atoms with Crippen LogP contribution in [0.3, 0.4) is 0 Å². The standard InChI is InChI=1S/C16H17BrINO/c1-3-19-11(2)12-4-9-16(15(17)10-12)20-14-7-5-13(18)6-8-14/h4-11,19H,3H2,1-2H3. The van der Waals surface area contributed by atoms with Gasteiger partial charge in [-0.25, -0.2) is 0 Å². The zero-order chi connectivity index (χ0) is 14.5. The minimum atomic E-state index is 0.337. The number of ether oxygens (including phenoxy) is 1. The summed E-state index contributed by atoms with van der Waals surface area (Å²) in [6.45, 7) is 5.23. The molecule has 0 radical (unpaired) electrons. The van der Waals surface area contributed by atoms with E-state index in [1.54, 1.807) is 0 Å². The van der Waals surface area contributed by atoms with Gasteiger partial charge in [0.05, 0.1) is 4.47 Å². The number of hydrogen-bond acceptors (Lipinski definition) is 2. The van der Waals surface area contributed by atoms with Crippen LogP contribution in [0.4, 0.5) is 0 Å². The second-order valence-corrected chi connectivity index (χ2v) is 6.63. The third-order valence-electron chi connectivity index (χ3n) is 3.01. The van der Waals surface area contributed by atoms with E-state index in [9.17, 15) is 0 Å². The second kappa shape index (κ2) is 7.43. The molecule has 106 valence electrons. The fourth-order valence-electron chi connectivity index (χ4n) is 1.92. The molecule has 0 aliphatic rings. The topological polar surface area (TPSA) is 21.3 Å². The molecule has 1 unspecified atom stereocenters. The maximum atomic E-state index is 5.89. The molecule has 0 bridgehead atoms. The lowest BCUT2D eigenvalue weighted by Gasteiger charge is -2.15. The first-order chi connectivity index (χ1) is 9.60. The molecule has 0 saturated carbocycles. The monoisotopic (exact) mass is 445 g/mol. The van der Waals surface area contributed by atoms with Crippen LogP contribution in [0.25, 0.3) is 0 Å². The molecule has 2 nitrogen and oxygen atoms in total.